The first kappa shape index (κ1) is 19.2. The van der Waals surface area contributed by atoms with E-state index < -0.39 is 0 Å². The predicted octanol–water partition coefficient (Wildman–Crippen LogP) is 5.38. The van der Waals surface area contributed by atoms with Crippen molar-refractivity contribution in [1.29, 1.82) is 0 Å². The van der Waals surface area contributed by atoms with Crippen LogP contribution < -0.4 is 0 Å². The summed E-state index contributed by atoms with van der Waals surface area (Å²) in [4.78, 5) is 13.0. The van der Waals surface area contributed by atoms with Gasteiger partial charge in [0, 0.05) is 11.6 Å². The third kappa shape index (κ3) is 3.88. The fraction of sp³-hybridized carbons (Fsp3) is 0.571. The first-order valence-corrected chi connectivity index (χ1v) is 10.5. The maximum absolute atomic E-state index is 13.0. The van der Waals surface area contributed by atoms with Crippen molar-refractivity contribution >= 4 is 17.5 Å². The normalized spacial score (nSPS) is 16.7. The lowest BCUT2D eigenvalue weighted by Crippen LogP contribution is -2.19. The minimum atomic E-state index is -0.179. The van der Waals surface area contributed by atoms with E-state index in [-0.39, 0.29) is 11.0 Å². The fourth-order valence-electron chi connectivity index (χ4n) is 3.85. The Hall–Kier alpha value is -1.62. The molecule has 0 radical (unpaired) electrons. The molecule has 1 atom stereocenters. The van der Waals surface area contributed by atoms with Crippen LogP contribution in [0.25, 0.3) is 0 Å². The van der Waals surface area contributed by atoms with Gasteiger partial charge in [-0.05, 0) is 70.2 Å². The van der Waals surface area contributed by atoms with Crippen molar-refractivity contribution in [3.05, 3.63) is 40.2 Å². The Balaban J connectivity index is 1.81. The van der Waals surface area contributed by atoms with Gasteiger partial charge in [-0.15, -0.1) is 10.2 Å². The van der Waals surface area contributed by atoms with Gasteiger partial charge in [0.05, 0.1) is 5.25 Å². The van der Waals surface area contributed by atoms with Crippen LogP contribution in [0.1, 0.15) is 77.9 Å². The van der Waals surface area contributed by atoms with Gasteiger partial charge in [0.15, 0.2) is 10.9 Å². The van der Waals surface area contributed by atoms with Gasteiger partial charge >= 0.3 is 0 Å². The van der Waals surface area contributed by atoms with Gasteiger partial charge in [-0.25, -0.2) is 0 Å². The molecule has 140 valence electrons. The second-order valence-electron chi connectivity index (χ2n) is 7.57. The number of hydrogen-bond acceptors (Lipinski definition) is 4. The molecule has 0 spiro atoms. The first-order valence-electron chi connectivity index (χ1n) is 9.58. The minimum Gasteiger partial charge on any atom is -0.303 e. The van der Waals surface area contributed by atoms with Gasteiger partial charge < -0.3 is 4.57 Å². The zero-order valence-electron chi connectivity index (χ0n) is 16.5. The number of ketones is 1. The van der Waals surface area contributed by atoms with Crippen molar-refractivity contribution in [2.45, 2.75) is 83.2 Å². The summed E-state index contributed by atoms with van der Waals surface area (Å²) in [6.07, 6.45) is 6.22. The van der Waals surface area contributed by atoms with E-state index in [0.29, 0.717) is 6.04 Å². The van der Waals surface area contributed by atoms with E-state index in [1.54, 1.807) is 11.8 Å². The van der Waals surface area contributed by atoms with Crippen LogP contribution in [0.3, 0.4) is 0 Å². The number of aromatic nitrogens is 3. The van der Waals surface area contributed by atoms with Gasteiger partial charge in [-0.1, -0.05) is 37.1 Å². The summed E-state index contributed by atoms with van der Waals surface area (Å²) in [5.74, 6) is 1.13. The lowest BCUT2D eigenvalue weighted by Gasteiger charge is -2.25. The summed E-state index contributed by atoms with van der Waals surface area (Å²) < 4.78 is 2.26. The number of Topliss-reactive ketones (excluding diaryl/α,β-unsaturated/α-hetero) is 1. The molecule has 0 amide bonds. The Morgan fingerprint density at radius 1 is 1.04 bits per heavy atom. The molecule has 0 N–H and O–H groups in total. The second-order valence-corrected chi connectivity index (χ2v) is 8.88. The second kappa shape index (κ2) is 7.95. The molecular formula is C21H29N3OS. The number of benzene rings is 1. The highest BCUT2D eigenvalue weighted by Crippen LogP contribution is 2.34. The maximum atomic E-state index is 13.0. The molecule has 5 heteroatoms. The van der Waals surface area contributed by atoms with Gasteiger partial charge in [0.1, 0.15) is 5.82 Å². The molecule has 1 aliphatic carbocycles. The largest absolute Gasteiger partial charge is 0.303 e. The molecule has 1 aromatic heterocycles. The third-order valence-corrected chi connectivity index (χ3v) is 6.59. The average Bonchev–Trinajstić information content (AvgIpc) is 2.98. The van der Waals surface area contributed by atoms with Crippen molar-refractivity contribution in [3.8, 4) is 0 Å². The van der Waals surface area contributed by atoms with E-state index in [4.69, 9.17) is 0 Å². The summed E-state index contributed by atoms with van der Waals surface area (Å²) in [6.45, 7) is 10.2. The molecule has 0 saturated heterocycles. The Bertz CT molecular complexity index is 806. The van der Waals surface area contributed by atoms with E-state index in [1.165, 1.54) is 37.7 Å². The lowest BCUT2D eigenvalue weighted by molar-refractivity contribution is 0.0993. The van der Waals surface area contributed by atoms with Gasteiger partial charge in [-0.2, -0.15) is 0 Å². The van der Waals surface area contributed by atoms with Crippen LogP contribution in [0.5, 0.6) is 0 Å². The van der Waals surface area contributed by atoms with Gasteiger partial charge in [-0.3, -0.25) is 4.79 Å². The van der Waals surface area contributed by atoms with Crippen molar-refractivity contribution in [3.63, 3.8) is 0 Å². The van der Waals surface area contributed by atoms with E-state index in [9.17, 15) is 4.79 Å². The van der Waals surface area contributed by atoms with Crippen LogP contribution >= 0.6 is 11.8 Å². The van der Waals surface area contributed by atoms with Crippen molar-refractivity contribution < 1.29 is 4.79 Å². The number of thioether (sulfide) groups is 1. The molecular weight excluding hydrogens is 342 g/mol. The molecule has 1 aliphatic rings. The van der Waals surface area contributed by atoms with Crippen LogP contribution in [0.2, 0.25) is 0 Å². The van der Waals surface area contributed by atoms with Gasteiger partial charge in [0.25, 0.3) is 0 Å². The molecule has 3 rings (SSSR count). The summed E-state index contributed by atoms with van der Waals surface area (Å²) in [7, 11) is 0. The number of nitrogens with zero attached hydrogens (tertiary/aromatic N) is 3. The van der Waals surface area contributed by atoms with Crippen LogP contribution in [0.4, 0.5) is 0 Å². The quantitative estimate of drug-likeness (QED) is 0.523. The summed E-state index contributed by atoms with van der Waals surface area (Å²) >= 11 is 1.55. The van der Waals surface area contributed by atoms with Gasteiger partial charge in [0.2, 0.25) is 0 Å². The highest BCUT2D eigenvalue weighted by molar-refractivity contribution is 8.00. The number of carbonyl (C=O) groups is 1. The molecule has 2 aromatic rings. The van der Waals surface area contributed by atoms with Crippen LogP contribution in [-0.2, 0) is 0 Å². The topological polar surface area (TPSA) is 47.8 Å². The van der Waals surface area contributed by atoms with Crippen LogP contribution in [0, 0.1) is 27.7 Å². The summed E-state index contributed by atoms with van der Waals surface area (Å²) in [5.41, 5.74) is 4.27. The predicted molar refractivity (Wildman–Crippen MR) is 107 cm³/mol. The molecule has 1 aromatic carbocycles. The molecule has 1 unspecified atom stereocenters. The SMILES string of the molecule is Cc1cc(C)c(C(=O)C(C)Sc2nnc(C)n2C2CCCCC2)cc1C. The fourth-order valence-corrected chi connectivity index (χ4v) is 4.88. The number of rotatable bonds is 5. The van der Waals surface area contributed by atoms with Crippen molar-refractivity contribution in [1.82, 2.24) is 14.8 Å². The monoisotopic (exact) mass is 371 g/mol. The Labute approximate surface area is 160 Å². The molecule has 4 nitrogen and oxygen atoms in total. The minimum absolute atomic E-state index is 0.173. The van der Waals surface area contributed by atoms with Crippen LogP contribution in [0.15, 0.2) is 17.3 Å². The number of aryl methyl sites for hydroxylation is 4. The van der Waals surface area contributed by atoms with E-state index >= 15 is 0 Å². The maximum Gasteiger partial charge on any atom is 0.192 e. The number of hydrogen-bond donors (Lipinski definition) is 0. The Kier molecular flexibility index (Phi) is 5.86. The molecule has 0 bridgehead atoms. The Morgan fingerprint density at radius 3 is 2.38 bits per heavy atom. The van der Waals surface area contributed by atoms with Crippen molar-refractivity contribution in [2.24, 2.45) is 0 Å². The molecule has 0 aliphatic heterocycles. The zero-order chi connectivity index (χ0) is 18.8. The van der Waals surface area contributed by atoms with Crippen molar-refractivity contribution in [2.75, 3.05) is 0 Å². The Morgan fingerprint density at radius 2 is 1.69 bits per heavy atom. The van der Waals surface area contributed by atoms with E-state index in [2.05, 4.69) is 34.7 Å². The zero-order valence-corrected chi connectivity index (χ0v) is 17.3. The lowest BCUT2D eigenvalue weighted by atomic mass is 9.95. The third-order valence-electron chi connectivity index (χ3n) is 5.53. The standard InChI is InChI=1S/C21H29N3OS/c1-13-11-15(3)19(12-14(13)2)20(25)16(4)26-21-23-22-17(5)24(21)18-9-7-6-8-10-18/h11-12,16,18H,6-10H2,1-5H3. The van der Waals surface area contributed by atoms with E-state index in [0.717, 1.165) is 27.7 Å². The van der Waals surface area contributed by atoms with Crippen LogP contribution in [-0.4, -0.2) is 25.8 Å². The van der Waals surface area contributed by atoms with E-state index in [1.807, 2.05) is 26.8 Å². The molecule has 26 heavy (non-hydrogen) atoms. The smallest absolute Gasteiger partial charge is 0.192 e. The summed E-state index contributed by atoms with van der Waals surface area (Å²) in [6, 6.07) is 4.61. The highest BCUT2D eigenvalue weighted by Gasteiger charge is 2.25. The molecule has 1 heterocycles. The highest BCUT2D eigenvalue weighted by atomic mass is 32.2. The average molecular weight is 372 g/mol. The molecule has 1 saturated carbocycles. The summed E-state index contributed by atoms with van der Waals surface area (Å²) in [5, 5.41) is 9.39. The first-order chi connectivity index (χ1) is 12.4. The molecule has 1 fully saturated rings. The number of carbonyl (C=O) groups excluding carboxylic acids is 1.